The van der Waals surface area contributed by atoms with Crippen LogP contribution in [0.3, 0.4) is 0 Å². The van der Waals surface area contributed by atoms with Gasteiger partial charge in [0.15, 0.2) is 0 Å². The number of alkyl halides is 3. The van der Waals surface area contributed by atoms with Crippen molar-refractivity contribution in [3.8, 4) is 0 Å². The van der Waals surface area contributed by atoms with E-state index in [4.69, 9.17) is 0 Å². The van der Waals surface area contributed by atoms with Crippen LogP contribution in [-0.4, -0.2) is 32.5 Å². The van der Waals surface area contributed by atoms with Gasteiger partial charge < -0.3 is 10.1 Å². The van der Waals surface area contributed by atoms with Crippen LogP contribution in [-0.2, 0) is 11.2 Å². The fourth-order valence-electron chi connectivity index (χ4n) is 1.50. The van der Waals surface area contributed by atoms with E-state index in [1.807, 2.05) is 0 Å². The molecule has 0 saturated heterocycles. The molecule has 0 spiro atoms. The number of benzene rings is 1. The van der Waals surface area contributed by atoms with E-state index in [2.05, 4.69) is 10.1 Å². The van der Waals surface area contributed by atoms with E-state index in [0.29, 0.717) is 19.5 Å². The first-order valence-corrected chi connectivity index (χ1v) is 6.07. The molecule has 6 heteroatoms. The molecule has 0 fully saturated rings. The predicted octanol–water partition coefficient (Wildman–Crippen LogP) is 2.93. The molecule has 0 atom stereocenters. The van der Waals surface area contributed by atoms with Crippen molar-refractivity contribution in [1.82, 2.24) is 5.32 Å². The third-order valence-corrected chi connectivity index (χ3v) is 2.41. The summed E-state index contributed by atoms with van der Waals surface area (Å²) in [4.78, 5) is 0. The topological polar surface area (TPSA) is 21.3 Å². The molecule has 0 bridgehead atoms. The van der Waals surface area contributed by atoms with Gasteiger partial charge in [0.25, 0.3) is 0 Å². The van der Waals surface area contributed by atoms with Crippen LogP contribution in [0.1, 0.15) is 12.0 Å². The van der Waals surface area contributed by atoms with E-state index in [1.54, 1.807) is 12.1 Å². The van der Waals surface area contributed by atoms with Gasteiger partial charge in [0.05, 0.1) is 0 Å². The molecule has 2 nitrogen and oxygen atoms in total. The van der Waals surface area contributed by atoms with Gasteiger partial charge in [0.2, 0.25) is 0 Å². The van der Waals surface area contributed by atoms with Gasteiger partial charge in [-0.05, 0) is 43.6 Å². The lowest BCUT2D eigenvalue weighted by atomic mass is 10.1. The molecule has 0 amide bonds. The summed E-state index contributed by atoms with van der Waals surface area (Å²) in [6.07, 6.45) is -2.97. The first kappa shape index (κ1) is 15.9. The first-order valence-electron chi connectivity index (χ1n) is 6.07. The minimum absolute atomic E-state index is 0.0864. The molecular formula is C13H17F4NO. The van der Waals surface area contributed by atoms with E-state index >= 15 is 0 Å². The monoisotopic (exact) mass is 279 g/mol. The second-order valence-corrected chi connectivity index (χ2v) is 4.15. The third-order valence-electron chi connectivity index (χ3n) is 2.41. The molecule has 0 aromatic heterocycles. The van der Waals surface area contributed by atoms with Crippen molar-refractivity contribution >= 4 is 0 Å². The van der Waals surface area contributed by atoms with Crippen molar-refractivity contribution in [2.75, 3.05) is 26.3 Å². The zero-order valence-corrected chi connectivity index (χ0v) is 10.5. The number of hydrogen-bond acceptors (Lipinski definition) is 2. The number of nitrogens with one attached hydrogen (secondary N) is 1. The summed E-state index contributed by atoms with van der Waals surface area (Å²) in [5.74, 6) is -0.265. The molecule has 0 aliphatic carbocycles. The van der Waals surface area contributed by atoms with Crippen LogP contribution in [0.2, 0.25) is 0 Å². The van der Waals surface area contributed by atoms with E-state index in [9.17, 15) is 17.6 Å². The largest absolute Gasteiger partial charge is 0.411 e. The van der Waals surface area contributed by atoms with Gasteiger partial charge in [-0.3, -0.25) is 0 Å². The first-order chi connectivity index (χ1) is 8.97. The predicted molar refractivity (Wildman–Crippen MR) is 64.5 cm³/mol. The Balaban J connectivity index is 1.95. The van der Waals surface area contributed by atoms with Crippen LogP contribution < -0.4 is 5.32 Å². The summed E-state index contributed by atoms with van der Waals surface area (Å²) in [7, 11) is 0. The summed E-state index contributed by atoms with van der Waals surface area (Å²) in [5, 5.41) is 3.09. The Morgan fingerprint density at radius 1 is 1.05 bits per heavy atom. The third kappa shape index (κ3) is 8.56. The number of hydrogen-bond donors (Lipinski definition) is 1. The van der Waals surface area contributed by atoms with Gasteiger partial charge in [-0.2, -0.15) is 13.2 Å². The average molecular weight is 279 g/mol. The van der Waals surface area contributed by atoms with Crippen molar-refractivity contribution in [1.29, 1.82) is 0 Å². The summed E-state index contributed by atoms with van der Waals surface area (Å²) >= 11 is 0. The van der Waals surface area contributed by atoms with Gasteiger partial charge >= 0.3 is 6.18 Å². The van der Waals surface area contributed by atoms with E-state index in [1.165, 1.54) is 12.1 Å². The van der Waals surface area contributed by atoms with Crippen molar-refractivity contribution in [3.05, 3.63) is 35.6 Å². The highest BCUT2D eigenvalue weighted by molar-refractivity contribution is 5.16. The normalized spacial score (nSPS) is 11.8. The van der Waals surface area contributed by atoms with Gasteiger partial charge in [0, 0.05) is 6.61 Å². The van der Waals surface area contributed by atoms with Gasteiger partial charge in [-0.25, -0.2) is 4.39 Å². The highest BCUT2D eigenvalue weighted by atomic mass is 19.4. The Kier molecular flexibility index (Phi) is 6.80. The molecule has 0 saturated carbocycles. The maximum atomic E-state index is 12.6. The van der Waals surface area contributed by atoms with Crippen molar-refractivity contribution < 1.29 is 22.3 Å². The number of rotatable bonds is 8. The fourth-order valence-corrected chi connectivity index (χ4v) is 1.50. The van der Waals surface area contributed by atoms with Gasteiger partial charge in [0.1, 0.15) is 12.4 Å². The van der Waals surface area contributed by atoms with Gasteiger partial charge in [-0.15, -0.1) is 0 Å². The van der Waals surface area contributed by atoms with E-state index in [-0.39, 0.29) is 12.4 Å². The van der Waals surface area contributed by atoms with Crippen molar-refractivity contribution in [2.24, 2.45) is 0 Å². The second-order valence-electron chi connectivity index (χ2n) is 4.15. The Morgan fingerprint density at radius 3 is 2.37 bits per heavy atom. The maximum absolute atomic E-state index is 12.6. The molecule has 1 aromatic rings. The van der Waals surface area contributed by atoms with Crippen LogP contribution in [0, 0.1) is 5.82 Å². The van der Waals surface area contributed by atoms with Crippen molar-refractivity contribution in [3.63, 3.8) is 0 Å². The maximum Gasteiger partial charge on any atom is 0.411 e. The molecule has 108 valence electrons. The Labute approximate surface area is 109 Å². The summed E-state index contributed by atoms with van der Waals surface area (Å²) in [6, 6.07) is 6.23. The van der Waals surface area contributed by atoms with Crippen LogP contribution >= 0.6 is 0 Å². The average Bonchev–Trinajstić information content (AvgIpc) is 2.33. The molecule has 1 rings (SSSR count). The van der Waals surface area contributed by atoms with E-state index < -0.39 is 12.8 Å². The lowest BCUT2D eigenvalue weighted by Gasteiger charge is -2.08. The van der Waals surface area contributed by atoms with E-state index in [0.717, 1.165) is 12.0 Å². The number of halogens is 4. The lowest BCUT2D eigenvalue weighted by molar-refractivity contribution is -0.173. The molecule has 0 heterocycles. The van der Waals surface area contributed by atoms with Gasteiger partial charge in [-0.1, -0.05) is 12.1 Å². The Bertz CT molecular complexity index is 351. The smallest absolute Gasteiger partial charge is 0.372 e. The number of ether oxygens (including phenoxy) is 1. The van der Waals surface area contributed by atoms with Crippen LogP contribution in [0.25, 0.3) is 0 Å². The molecule has 1 N–H and O–H groups in total. The zero-order valence-electron chi connectivity index (χ0n) is 10.5. The summed E-state index contributed by atoms with van der Waals surface area (Å²) in [6.45, 7) is 0.190. The molecule has 0 radical (unpaired) electrons. The Morgan fingerprint density at radius 2 is 1.74 bits per heavy atom. The molecule has 0 aliphatic rings. The quantitative estimate of drug-likeness (QED) is 0.583. The molecule has 19 heavy (non-hydrogen) atoms. The van der Waals surface area contributed by atoms with Crippen LogP contribution in [0.5, 0.6) is 0 Å². The fraction of sp³-hybridized carbons (Fsp3) is 0.538. The molecular weight excluding hydrogens is 262 g/mol. The molecule has 0 unspecified atom stereocenters. The molecule has 0 aliphatic heterocycles. The standard InChI is InChI=1S/C13H17F4NO/c14-12-4-2-11(3-5-12)6-8-18-7-1-9-19-10-13(15,16)17/h2-5,18H,1,6-10H2. The second kappa shape index (κ2) is 8.12. The minimum Gasteiger partial charge on any atom is -0.372 e. The van der Waals surface area contributed by atoms with Crippen molar-refractivity contribution in [2.45, 2.75) is 19.0 Å². The summed E-state index contributed by atoms with van der Waals surface area (Å²) < 4.78 is 52.3. The minimum atomic E-state index is -4.25. The molecule has 1 aromatic carbocycles. The zero-order chi connectivity index (χ0) is 14.1. The highest BCUT2D eigenvalue weighted by Gasteiger charge is 2.27. The lowest BCUT2D eigenvalue weighted by Crippen LogP contribution is -2.22. The van der Waals surface area contributed by atoms with Crippen LogP contribution in [0.15, 0.2) is 24.3 Å². The summed E-state index contributed by atoms with van der Waals surface area (Å²) in [5.41, 5.74) is 1.02. The Hall–Kier alpha value is -1.14. The van der Waals surface area contributed by atoms with Crippen LogP contribution in [0.4, 0.5) is 17.6 Å². The SMILES string of the molecule is Fc1ccc(CCNCCCOCC(F)(F)F)cc1. The highest BCUT2D eigenvalue weighted by Crippen LogP contribution is 2.14.